The second-order valence-corrected chi connectivity index (χ2v) is 10.2. The minimum Gasteiger partial charge on any atom is -0.449 e. The van der Waals surface area contributed by atoms with Crippen molar-refractivity contribution in [1.29, 1.82) is 0 Å². The van der Waals surface area contributed by atoms with Gasteiger partial charge in [-0.2, -0.15) is 0 Å². The molecule has 10 heteroatoms. The van der Waals surface area contributed by atoms with Gasteiger partial charge >= 0.3 is 6.09 Å². The summed E-state index contributed by atoms with van der Waals surface area (Å²) in [7, 11) is 0. The number of alkyl carbamates (subject to hydrolysis) is 1. The molecule has 1 aliphatic heterocycles. The average molecular weight is 519 g/mol. The zero-order valence-corrected chi connectivity index (χ0v) is 22.0. The van der Waals surface area contributed by atoms with E-state index in [4.69, 9.17) is 9.47 Å². The Kier molecular flexibility index (Phi) is 8.75. The largest absolute Gasteiger partial charge is 0.449 e. The van der Waals surface area contributed by atoms with E-state index in [0.29, 0.717) is 11.6 Å². The number of morpholine rings is 1. The van der Waals surface area contributed by atoms with Gasteiger partial charge in [0.25, 0.3) is 0 Å². The number of benzene rings is 2. The Balaban J connectivity index is 1.29. The van der Waals surface area contributed by atoms with Gasteiger partial charge in [0.1, 0.15) is 6.54 Å². The smallest absolute Gasteiger partial charge is 0.407 e. The Labute approximate surface area is 222 Å². The van der Waals surface area contributed by atoms with Crippen molar-refractivity contribution < 1.29 is 19.1 Å². The van der Waals surface area contributed by atoms with Gasteiger partial charge in [-0.3, -0.25) is 4.79 Å². The normalized spacial score (nSPS) is 13.5. The van der Waals surface area contributed by atoms with Crippen LogP contribution in [0, 0.1) is 5.41 Å². The Morgan fingerprint density at radius 2 is 1.66 bits per heavy atom. The van der Waals surface area contributed by atoms with Crippen molar-refractivity contribution in [3.63, 3.8) is 0 Å². The number of anilines is 4. The summed E-state index contributed by atoms with van der Waals surface area (Å²) in [4.78, 5) is 35.2. The summed E-state index contributed by atoms with van der Waals surface area (Å²) in [6.45, 7) is 9.25. The number of hydrogen-bond acceptors (Lipinski definition) is 8. The SMILES string of the molecule is CC(C)(C)COC(=O)NCC(=O)Nc1ccc(-c2ccnc(Nc3ccc(N4CCOCC4)cc3)n2)cc1. The van der Waals surface area contributed by atoms with Gasteiger partial charge < -0.3 is 30.3 Å². The first-order valence-electron chi connectivity index (χ1n) is 12.6. The molecule has 0 spiro atoms. The molecule has 200 valence electrons. The first-order valence-corrected chi connectivity index (χ1v) is 12.6. The number of carbonyl (C=O) groups excluding carboxylic acids is 2. The molecule has 3 aromatic rings. The molecule has 0 saturated carbocycles. The maximum atomic E-state index is 12.2. The van der Waals surface area contributed by atoms with E-state index in [-0.39, 0.29) is 24.5 Å². The minimum absolute atomic E-state index is 0.142. The van der Waals surface area contributed by atoms with Crippen molar-refractivity contribution in [1.82, 2.24) is 15.3 Å². The van der Waals surface area contributed by atoms with Crippen LogP contribution in [0.15, 0.2) is 60.8 Å². The summed E-state index contributed by atoms with van der Waals surface area (Å²) in [6, 6.07) is 17.3. The second kappa shape index (κ2) is 12.4. The Morgan fingerprint density at radius 3 is 2.34 bits per heavy atom. The Morgan fingerprint density at radius 1 is 0.974 bits per heavy atom. The van der Waals surface area contributed by atoms with Gasteiger partial charge in [-0.15, -0.1) is 0 Å². The average Bonchev–Trinajstić information content (AvgIpc) is 2.92. The van der Waals surface area contributed by atoms with E-state index in [9.17, 15) is 9.59 Å². The molecule has 1 fully saturated rings. The van der Waals surface area contributed by atoms with E-state index in [1.54, 1.807) is 18.3 Å². The van der Waals surface area contributed by atoms with Crippen LogP contribution < -0.4 is 20.9 Å². The predicted octanol–water partition coefficient (Wildman–Crippen LogP) is 4.43. The van der Waals surface area contributed by atoms with Gasteiger partial charge in [-0.1, -0.05) is 32.9 Å². The quantitative estimate of drug-likeness (QED) is 0.401. The van der Waals surface area contributed by atoms with Crippen LogP contribution in [0.1, 0.15) is 20.8 Å². The molecule has 0 bridgehead atoms. The van der Waals surface area contributed by atoms with E-state index in [1.165, 1.54) is 0 Å². The molecule has 0 aliphatic carbocycles. The summed E-state index contributed by atoms with van der Waals surface area (Å²) in [5.74, 6) is 0.141. The van der Waals surface area contributed by atoms with Gasteiger partial charge in [0.05, 0.1) is 25.5 Å². The van der Waals surface area contributed by atoms with E-state index in [0.717, 1.165) is 48.9 Å². The van der Waals surface area contributed by atoms with Crippen molar-refractivity contribution >= 4 is 35.0 Å². The molecule has 1 aromatic heterocycles. The Bertz CT molecular complexity index is 1220. The molecule has 0 atom stereocenters. The molecule has 2 aromatic carbocycles. The standard InChI is InChI=1S/C28H34N6O4/c1-28(2,3)19-38-27(36)30-18-25(35)31-21-6-4-20(5-7-21)24-12-13-29-26(33-24)32-22-8-10-23(11-9-22)34-14-16-37-17-15-34/h4-13H,14-19H2,1-3H3,(H,30,36)(H,31,35)(H,29,32,33). The van der Waals surface area contributed by atoms with E-state index in [2.05, 4.69) is 43.0 Å². The molecule has 1 saturated heterocycles. The number of hydrogen-bond donors (Lipinski definition) is 3. The summed E-state index contributed by atoms with van der Waals surface area (Å²) < 4.78 is 10.5. The molecular formula is C28H34N6O4. The van der Waals surface area contributed by atoms with Gasteiger partial charge in [0.15, 0.2) is 0 Å². The molecule has 2 amide bonds. The number of rotatable bonds is 8. The van der Waals surface area contributed by atoms with Crippen molar-refractivity contribution in [3.8, 4) is 11.3 Å². The topological polar surface area (TPSA) is 118 Å². The van der Waals surface area contributed by atoms with Crippen LogP contribution in [-0.4, -0.2) is 61.4 Å². The highest BCUT2D eigenvalue weighted by molar-refractivity contribution is 5.94. The lowest BCUT2D eigenvalue weighted by atomic mass is 9.99. The van der Waals surface area contributed by atoms with Crippen molar-refractivity contribution in [2.45, 2.75) is 20.8 Å². The maximum absolute atomic E-state index is 12.2. The third kappa shape index (κ3) is 8.17. The van der Waals surface area contributed by atoms with Crippen LogP contribution in [0.25, 0.3) is 11.3 Å². The van der Waals surface area contributed by atoms with Crippen LogP contribution in [-0.2, 0) is 14.3 Å². The predicted molar refractivity (Wildman–Crippen MR) is 148 cm³/mol. The minimum atomic E-state index is -0.619. The fraction of sp³-hybridized carbons (Fsp3) is 0.357. The van der Waals surface area contributed by atoms with Crippen molar-refractivity contribution in [2.24, 2.45) is 5.41 Å². The highest BCUT2D eigenvalue weighted by Crippen LogP contribution is 2.23. The molecule has 1 aliphatic rings. The summed E-state index contributed by atoms with van der Waals surface area (Å²) >= 11 is 0. The second-order valence-electron chi connectivity index (χ2n) is 10.2. The maximum Gasteiger partial charge on any atom is 0.407 e. The molecule has 4 rings (SSSR count). The fourth-order valence-corrected chi connectivity index (χ4v) is 3.70. The number of carbonyl (C=O) groups is 2. The highest BCUT2D eigenvalue weighted by Gasteiger charge is 2.14. The van der Waals surface area contributed by atoms with Gasteiger partial charge in [0.2, 0.25) is 11.9 Å². The van der Waals surface area contributed by atoms with E-state index >= 15 is 0 Å². The van der Waals surface area contributed by atoms with Crippen LogP contribution in [0.5, 0.6) is 0 Å². The number of ether oxygens (including phenoxy) is 2. The van der Waals surface area contributed by atoms with Gasteiger partial charge in [0, 0.05) is 41.9 Å². The number of nitrogens with zero attached hydrogens (tertiary/aromatic N) is 3. The molecule has 38 heavy (non-hydrogen) atoms. The molecule has 10 nitrogen and oxygen atoms in total. The Hall–Kier alpha value is -4.18. The summed E-state index contributed by atoms with van der Waals surface area (Å²) in [6.07, 6.45) is 1.08. The third-order valence-corrected chi connectivity index (χ3v) is 5.65. The van der Waals surface area contributed by atoms with Gasteiger partial charge in [-0.25, -0.2) is 14.8 Å². The number of amides is 2. The lowest BCUT2D eigenvalue weighted by Gasteiger charge is -2.28. The highest BCUT2D eigenvalue weighted by atomic mass is 16.5. The first kappa shape index (κ1) is 26.9. The third-order valence-electron chi connectivity index (χ3n) is 5.65. The zero-order valence-electron chi connectivity index (χ0n) is 22.0. The number of nitrogens with one attached hydrogen (secondary N) is 3. The molecule has 3 N–H and O–H groups in total. The molecule has 0 unspecified atom stereocenters. The van der Waals surface area contributed by atoms with Crippen molar-refractivity contribution in [3.05, 3.63) is 60.8 Å². The molecule has 0 radical (unpaired) electrons. The van der Waals surface area contributed by atoms with E-state index in [1.807, 2.05) is 51.1 Å². The zero-order chi connectivity index (χ0) is 27.0. The van der Waals surface area contributed by atoms with Crippen LogP contribution >= 0.6 is 0 Å². The number of aromatic nitrogens is 2. The van der Waals surface area contributed by atoms with Crippen LogP contribution in [0.4, 0.5) is 27.8 Å². The van der Waals surface area contributed by atoms with Crippen LogP contribution in [0.3, 0.4) is 0 Å². The molecular weight excluding hydrogens is 484 g/mol. The summed E-state index contributed by atoms with van der Waals surface area (Å²) in [5, 5.41) is 8.46. The molecule has 2 heterocycles. The lowest BCUT2D eigenvalue weighted by molar-refractivity contribution is -0.115. The summed E-state index contributed by atoms with van der Waals surface area (Å²) in [5.41, 5.74) is 4.14. The lowest BCUT2D eigenvalue weighted by Crippen LogP contribution is -2.36. The van der Waals surface area contributed by atoms with Gasteiger partial charge in [-0.05, 0) is 47.9 Å². The monoisotopic (exact) mass is 518 g/mol. The van der Waals surface area contributed by atoms with Crippen molar-refractivity contribution in [2.75, 3.05) is 55.0 Å². The first-order chi connectivity index (χ1) is 18.2. The fourth-order valence-electron chi connectivity index (χ4n) is 3.70. The van der Waals surface area contributed by atoms with Crippen LogP contribution in [0.2, 0.25) is 0 Å². The van der Waals surface area contributed by atoms with E-state index < -0.39 is 6.09 Å².